The maximum absolute atomic E-state index is 6.00. The summed E-state index contributed by atoms with van der Waals surface area (Å²) < 4.78 is 5.40. The van der Waals surface area contributed by atoms with Gasteiger partial charge in [-0.3, -0.25) is 0 Å². The van der Waals surface area contributed by atoms with Crippen LogP contribution in [0.25, 0.3) is 0 Å². The highest BCUT2D eigenvalue weighted by Gasteiger charge is 2.20. The van der Waals surface area contributed by atoms with E-state index in [0.29, 0.717) is 17.0 Å². The van der Waals surface area contributed by atoms with Gasteiger partial charge < -0.3 is 9.64 Å². The fourth-order valence-corrected chi connectivity index (χ4v) is 2.54. The van der Waals surface area contributed by atoms with Gasteiger partial charge in [0.1, 0.15) is 5.82 Å². The van der Waals surface area contributed by atoms with Crippen LogP contribution in [0.1, 0.15) is 18.4 Å². The number of nitrogens with zero attached hydrogens (tertiary/aromatic N) is 2. The van der Waals surface area contributed by atoms with Gasteiger partial charge in [-0.05, 0) is 24.5 Å². The molecule has 1 aliphatic heterocycles. The number of methoxy groups -OCH3 is 1. The van der Waals surface area contributed by atoms with E-state index in [1.54, 1.807) is 13.3 Å². The van der Waals surface area contributed by atoms with Crippen molar-refractivity contribution in [2.75, 3.05) is 25.1 Å². The van der Waals surface area contributed by atoms with Crippen LogP contribution in [0, 0.1) is 0 Å². The molecule has 17 heavy (non-hydrogen) atoms. The minimum Gasteiger partial charge on any atom is -0.380 e. The number of ether oxygens (including phenoxy) is 1. The summed E-state index contributed by atoms with van der Waals surface area (Å²) in [4.78, 5) is 6.59. The monoisotopic (exact) mass is 274 g/mol. The number of halogens is 2. The lowest BCUT2D eigenvalue weighted by Gasteiger charge is -2.33. The van der Waals surface area contributed by atoms with Crippen molar-refractivity contribution in [3.63, 3.8) is 0 Å². The first kappa shape index (κ1) is 12.9. The van der Waals surface area contributed by atoms with Crippen LogP contribution < -0.4 is 4.90 Å². The fraction of sp³-hybridized carbons (Fsp3) is 0.583. The summed E-state index contributed by atoms with van der Waals surface area (Å²) in [5.41, 5.74) is 0.929. The Labute approximate surface area is 112 Å². The van der Waals surface area contributed by atoms with Crippen molar-refractivity contribution in [1.82, 2.24) is 4.98 Å². The molecule has 0 aromatic carbocycles. The molecule has 0 amide bonds. The Morgan fingerprint density at radius 2 is 2.41 bits per heavy atom. The van der Waals surface area contributed by atoms with Crippen molar-refractivity contribution in [2.45, 2.75) is 24.8 Å². The molecule has 0 spiro atoms. The van der Waals surface area contributed by atoms with Crippen molar-refractivity contribution in [3.8, 4) is 0 Å². The minimum atomic E-state index is 0.292. The Bertz CT molecular complexity index is 387. The third-order valence-corrected chi connectivity index (χ3v) is 3.73. The third kappa shape index (κ3) is 3.03. The highest BCUT2D eigenvalue weighted by atomic mass is 35.5. The molecule has 1 unspecified atom stereocenters. The lowest BCUT2D eigenvalue weighted by Crippen LogP contribution is -2.39. The number of alkyl halides is 1. The van der Waals surface area contributed by atoms with E-state index < -0.39 is 0 Å². The van der Waals surface area contributed by atoms with E-state index in [4.69, 9.17) is 27.9 Å². The number of rotatable bonds is 3. The van der Waals surface area contributed by atoms with Crippen molar-refractivity contribution in [3.05, 3.63) is 22.8 Å². The molecule has 2 heterocycles. The highest BCUT2D eigenvalue weighted by molar-refractivity contribution is 6.32. The van der Waals surface area contributed by atoms with Gasteiger partial charge >= 0.3 is 0 Å². The van der Waals surface area contributed by atoms with Gasteiger partial charge in [-0.1, -0.05) is 11.6 Å². The molecule has 0 N–H and O–H groups in total. The Morgan fingerprint density at radius 3 is 3.12 bits per heavy atom. The topological polar surface area (TPSA) is 25.4 Å². The van der Waals surface area contributed by atoms with E-state index >= 15 is 0 Å². The minimum absolute atomic E-state index is 0.292. The molecule has 1 saturated heterocycles. The fourth-order valence-electron chi connectivity index (χ4n) is 2.08. The Kier molecular flexibility index (Phi) is 4.48. The average molecular weight is 275 g/mol. The van der Waals surface area contributed by atoms with Crippen LogP contribution in [0.2, 0.25) is 5.02 Å². The van der Waals surface area contributed by atoms with E-state index in [2.05, 4.69) is 9.88 Å². The van der Waals surface area contributed by atoms with Crippen molar-refractivity contribution < 1.29 is 4.74 Å². The van der Waals surface area contributed by atoms with Crippen molar-refractivity contribution >= 4 is 29.0 Å². The van der Waals surface area contributed by atoms with Crippen LogP contribution >= 0.6 is 23.2 Å². The largest absolute Gasteiger partial charge is 0.380 e. The molecule has 5 heteroatoms. The Morgan fingerprint density at radius 1 is 1.59 bits per heavy atom. The maximum Gasteiger partial charge on any atom is 0.128 e. The molecule has 1 aromatic heterocycles. The van der Waals surface area contributed by atoms with Gasteiger partial charge in [0.2, 0.25) is 0 Å². The van der Waals surface area contributed by atoms with E-state index in [1.165, 1.54) is 0 Å². The normalized spacial score (nSPS) is 20.6. The molecular formula is C12H16Cl2N2O. The van der Waals surface area contributed by atoms with Gasteiger partial charge in [0, 0.05) is 32.3 Å². The van der Waals surface area contributed by atoms with E-state index in [9.17, 15) is 0 Å². The summed E-state index contributed by atoms with van der Waals surface area (Å²) >= 11 is 11.8. The molecule has 1 aromatic rings. The van der Waals surface area contributed by atoms with Gasteiger partial charge in [0.15, 0.2) is 0 Å². The van der Waals surface area contributed by atoms with Crippen molar-refractivity contribution in [1.29, 1.82) is 0 Å². The predicted molar refractivity (Wildman–Crippen MR) is 71.0 cm³/mol. The van der Waals surface area contributed by atoms with Crippen LogP contribution in [0.3, 0.4) is 0 Å². The molecule has 94 valence electrons. The molecule has 0 bridgehead atoms. The number of piperidine rings is 1. The maximum atomic E-state index is 6.00. The van der Waals surface area contributed by atoms with Gasteiger partial charge in [0.25, 0.3) is 0 Å². The van der Waals surface area contributed by atoms with E-state index in [-0.39, 0.29) is 0 Å². The second-order valence-corrected chi connectivity index (χ2v) is 4.89. The number of hydrogen-bond acceptors (Lipinski definition) is 3. The molecule has 0 radical (unpaired) electrons. The molecule has 1 atom stereocenters. The lowest BCUT2D eigenvalue weighted by molar-refractivity contribution is 0.0891. The zero-order valence-corrected chi connectivity index (χ0v) is 11.3. The SMILES string of the molecule is COC1CCCN(c2cc(CCl)c(Cl)cn2)C1. The summed E-state index contributed by atoms with van der Waals surface area (Å²) in [5.74, 6) is 1.35. The second-order valence-electron chi connectivity index (χ2n) is 4.21. The number of anilines is 1. The van der Waals surface area contributed by atoms with Gasteiger partial charge in [-0.15, -0.1) is 11.6 Å². The van der Waals surface area contributed by atoms with Crippen LogP contribution in [-0.4, -0.2) is 31.3 Å². The Hall–Kier alpha value is -0.510. The molecule has 1 fully saturated rings. The summed E-state index contributed by atoms with van der Waals surface area (Å²) in [6.45, 7) is 1.89. The molecule has 0 aliphatic carbocycles. The first-order valence-electron chi connectivity index (χ1n) is 5.72. The molecule has 3 nitrogen and oxygen atoms in total. The molecular weight excluding hydrogens is 259 g/mol. The van der Waals surface area contributed by atoms with E-state index in [1.807, 2.05) is 6.07 Å². The van der Waals surface area contributed by atoms with Crippen molar-refractivity contribution in [2.24, 2.45) is 0 Å². The lowest BCUT2D eigenvalue weighted by atomic mass is 10.1. The van der Waals surface area contributed by atoms with Crippen LogP contribution in [0.4, 0.5) is 5.82 Å². The smallest absolute Gasteiger partial charge is 0.128 e. The predicted octanol–water partition coefficient (Wildman–Crippen LogP) is 3.09. The average Bonchev–Trinajstić information content (AvgIpc) is 2.39. The summed E-state index contributed by atoms with van der Waals surface area (Å²) in [6.07, 6.45) is 4.20. The van der Waals surface area contributed by atoms with Gasteiger partial charge in [0.05, 0.1) is 11.1 Å². The quantitative estimate of drug-likeness (QED) is 0.793. The molecule has 2 rings (SSSR count). The molecule has 1 aliphatic rings. The first-order chi connectivity index (χ1) is 8.24. The molecule has 0 saturated carbocycles. The number of pyridine rings is 1. The third-order valence-electron chi connectivity index (χ3n) is 3.10. The zero-order valence-electron chi connectivity index (χ0n) is 9.83. The number of aromatic nitrogens is 1. The zero-order chi connectivity index (χ0) is 12.3. The van der Waals surface area contributed by atoms with Crippen LogP contribution in [0.15, 0.2) is 12.3 Å². The Balaban J connectivity index is 2.16. The van der Waals surface area contributed by atoms with E-state index in [0.717, 1.165) is 37.3 Å². The highest BCUT2D eigenvalue weighted by Crippen LogP contribution is 2.24. The van der Waals surface area contributed by atoms with Gasteiger partial charge in [-0.2, -0.15) is 0 Å². The van der Waals surface area contributed by atoms with Crippen LogP contribution in [-0.2, 0) is 10.6 Å². The second kappa shape index (κ2) is 5.89. The summed E-state index contributed by atoms with van der Waals surface area (Å²) in [5, 5.41) is 0.629. The van der Waals surface area contributed by atoms with Crippen LogP contribution in [0.5, 0.6) is 0 Å². The summed E-state index contributed by atoms with van der Waals surface area (Å²) in [7, 11) is 1.76. The standard InChI is InChI=1S/C12H16Cl2N2O/c1-17-10-3-2-4-16(8-10)12-5-9(6-13)11(14)7-15-12/h5,7,10H,2-4,6,8H2,1H3. The first-order valence-corrected chi connectivity index (χ1v) is 6.64. The summed E-state index contributed by atoms with van der Waals surface area (Å²) in [6, 6.07) is 1.97. The van der Waals surface area contributed by atoms with Gasteiger partial charge in [-0.25, -0.2) is 4.98 Å². The number of hydrogen-bond donors (Lipinski definition) is 0.